The van der Waals surface area contributed by atoms with Crippen molar-refractivity contribution in [3.63, 3.8) is 0 Å². The number of likely N-dealkylation sites (N-methyl/N-ethyl adjacent to an activating group) is 1. The molecule has 0 heterocycles. The lowest BCUT2D eigenvalue weighted by Crippen LogP contribution is -2.37. The average molecular weight is 331 g/mol. The van der Waals surface area contributed by atoms with Crippen molar-refractivity contribution in [2.24, 2.45) is 0 Å². The van der Waals surface area contributed by atoms with Crippen molar-refractivity contribution in [1.29, 1.82) is 0 Å². The molecule has 0 bridgehead atoms. The molecule has 1 aromatic rings. The molecule has 1 aromatic carbocycles. The normalized spacial score (nSPS) is 9.86. The van der Waals surface area contributed by atoms with E-state index in [4.69, 9.17) is 16.3 Å². The van der Waals surface area contributed by atoms with E-state index in [-0.39, 0.29) is 23.0 Å². The van der Waals surface area contributed by atoms with Crippen LogP contribution in [0.3, 0.4) is 0 Å². The number of benzene rings is 1. The number of thioether (sulfide) groups is 1. The topological polar surface area (TPSA) is 84.5 Å². The first kappa shape index (κ1) is 17.3. The molecular weight excluding hydrogens is 316 g/mol. The molecule has 21 heavy (non-hydrogen) atoms. The number of halogens is 1. The third-order valence-corrected chi connectivity index (χ3v) is 3.51. The van der Waals surface area contributed by atoms with E-state index >= 15 is 0 Å². The maximum absolute atomic E-state index is 11.9. The average Bonchev–Trinajstić information content (AvgIpc) is 2.50. The highest BCUT2D eigenvalue weighted by Gasteiger charge is 2.14. The van der Waals surface area contributed by atoms with Crippen LogP contribution in [-0.4, -0.2) is 44.2 Å². The molecule has 114 valence electrons. The van der Waals surface area contributed by atoms with E-state index < -0.39 is 18.5 Å². The van der Waals surface area contributed by atoms with Crippen LogP contribution in [-0.2, 0) is 14.3 Å². The molecule has 0 saturated heterocycles. The largest absolute Gasteiger partial charge is 0.452 e. The van der Waals surface area contributed by atoms with E-state index in [2.05, 4.69) is 10.6 Å². The zero-order chi connectivity index (χ0) is 15.8. The molecule has 0 aromatic heterocycles. The third-order valence-electron chi connectivity index (χ3n) is 2.45. The molecule has 0 fully saturated rings. The summed E-state index contributed by atoms with van der Waals surface area (Å²) in [5, 5.41) is 4.92. The summed E-state index contributed by atoms with van der Waals surface area (Å²) in [5.41, 5.74) is 0.197. The van der Waals surface area contributed by atoms with Crippen LogP contribution in [0.15, 0.2) is 23.1 Å². The van der Waals surface area contributed by atoms with Gasteiger partial charge in [0.1, 0.15) is 0 Å². The minimum Gasteiger partial charge on any atom is -0.452 e. The third kappa shape index (κ3) is 5.65. The predicted octanol–water partition coefficient (Wildman–Crippen LogP) is 1.08. The van der Waals surface area contributed by atoms with E-state index in [0.717, 1.165) is 4.90 Å². The van der Waals surface area contributed by atoms with Crippen LogP contribution in [0.1, 0.15) is 10.4 Å². The first-order valence-corrected chi connectivity index (χ1v) is 7.56. The van der Waals surface area contributed by atoms with Crippen LogP contribution in [0, 0.1) is 0 Å². The van der Waals surface area contributed by atoms with Crippen LogP contribution in [0.2, 0.25) is 5.02 Å². The minimum atomic E-state index is -0.689. The van der Waals surface area contributed by atoms with Crippen LogP contribution >= 0.6 is 23.4 Å². The fourth-order valence-electron chi connectivity index (χ4n) is 1.31. The zero-order valence-corrected chi connectivity index (χ0v) is 13.1. The lowest BCUT2D eigenvalue weighted by atomic mass is 10.2. The van der Waals surface area contributed by atoms with Gasteiger partial charge in [-0.25, -0.2) is 4.79 Å². The highest BCUT2D eigenvalue weighted by atomic mass is 35.5. The van der Waals surface area contributed by atoms with Gasteiger partial charge in [-0.15, -0.1) is 11.8 Å². The Kier molecular flexibility index (Phi) is 7.04. The smallest absolute Gasteiger partial charge is 0.340 e. The summed E-state index contributed by atoms with van der Waals surface area (Å²) in [4.78, 5) is 35.1. The maximum Gasteiger partial charge on any atom is 0.340 e. The molecule has 0 atom stereocenters. The van der Waals surface area contributed by atoms with Crippen LogP contribution in [0.5, 0.6) is 0 Å². The number of nitrogens with one attached hydrogen (secondary N) is 2. The van der Waals surface area contributed by atoms with E-state index in [9.17, 15) is 14.4 Å². The van der Waals surface area contributed by atoms with Gasteiger partial charge in [0.2, 0.25) is 5.91 Å². The number of hydrogen-bond acceptors (Lipinski definition) is 5. The lowest BCUT2D eigenvalue weighted by molar-refractivity contribution is -0.127. The highest BCUT2D eigenvalue weighted by Crippen LogP contribution is 2.23. The van der Waals surface area contributed by atoms with Crippen molar-refractivity contribution < 1.29 is 19.1 Å². The van der Waals surface area contributed by atoms with E-state index in [0.29, 0.717) is 0 Å². The number of amides is 2. The Hall–Kier alpha value is -1.73. The molecule has 8 heteroatoms. The van der Waals surface area contributed by atoms with Crippen molar-refractivity contribution >= 4 is 41.1 Å². The molecule has 2 amide bonds. The molecule has 0 radical (unpaired) electrons. The number of carbonyl (C=O) groups is 3. The Morgan fingerprint density at radius 1 is 1.29 bits per heavy atom. The number of ether oxygens (including phenoxy) is 1. The first-order chi connectivity index (χ1) is 9.97. The Bertz CT molecular complexity index is 551. The van der Waals surface area contributed by atoms with Crippen molar-refractivity contribution in [2.75, 3.05) is 26.5 Å². The van der Waals surface area contributed by atoms with Crippen molar-refractivity contribution in [2.45, 2.75) is 4.90 Å². The Balaban J connectivity index is 2.54. The van der Waals surface area contributed by atoms with E-state index in [1.165, 1.54) is 18.8 Å². The summed E-state index contributed by atoms with van der Waals surface area (Å²) >= 11 is 7.38. The second-order valence-corrected chi connectivity index (χ2v) is 5.16. The van der Waals surface area contributed by atoms with Gasteiger partial charge in [0.05, 0.1) is 17.1 Å². The minimum absolute atomic E-state index is 0.171. The van der Waals surface area contributed by atoms with Gasteiger partial charge >= 0.3 is 5.97 Å². The van der Waals surface area contributed by atoms with Gasteiger partial charge in [-0.3, -0.25) is 9.59 Å². The standard InChI is InChI=1S/C13H15ClN2O4S/c1-15-11(17)6-16-12(18)7-20-13(19)9-5-8(21-2)3-4-10(9)14/h3-5H,6-7H2,1-2H3,(H,15,17)(H,16,18). The number of carbonyl (C=O) groups excluding carboxylic acids is 3. The Labute approximate surface area is 131 Å². The van der Waals surface area contributed by atoms with Crippen molar-refractivity contribution in [3.8, 4) is 0 Å². The molecular formula is C13H15ClN2O4S. The SMILES string of the molecule is CNC(=O)CNC(=O)COC(=O)c1cc(SC)ccc1Cl. The molecule has 0 unspecified atom stereocenters. The number of esters is 1. The van der Waals surface area contributed by atoms with Gasteiger partial charge in [0.25, 0.3) is 5.91 Å². The predicted molar refractivity (Wildman–Crippen MR) is 80.6 cm³/mol. The summed E-state index contributed by atoms with van der Waals surface area (Å²) in [6, 6.07) is 4.97. The summed E-state index contributed by atoms with van der Waals surface area (Å²) in [6.45, 7) is -0.648. The summed E-state index contributed by atoms with van der Waals surface area (Å²) in [6.07, 6.45) is 1.87. The maximum atomic E-state index is 11.9. The zero-order valence-electron chi connectivity index (χ0n) is 11.6. The molecule has 0 aliphatic heterocycles. The lowest BCUT2D eigenvalue weighted by Gasteiger charge is -2.08. The Morgan fingerprint density at radius 2 is 2.00 bits per heavy atom. The first-order valence-electron chi connectivity index (χ1n) is 5.96. The van der Waals surface area contributed by atoms with Crippen LogP contribution < -0.4 is 10.6 Å². The van der Waals surface area contributed by atoms with Gasteiger partial charge in [0.15, 0.2) is 6.61 Å². The summed E-state index contributed by atoms with van der Waals surface area (Å²) in [5.74, 6) is -1.60. The van der Waals surface area contributed by atoms with Crippen LogP contribution in [0.25, 0.3) is 0 Å². The van der Waals surface area contributed by atoms with Crippen molar-refractivity contribution in [3.05, 3.63) is 28.8 Å². The molecule has 0 aliphatic rings. The fraction of sp³-hybridized carbons (Fsp3) is 0.308. The second-order valence-electron chi connectivity index (χ2n) is 3.87. The second kappa shape index (κ2) is 8.53. The van der Waals surface area contributed by atoms with Gasteiger partial charge in [-0.1, -0.05) is 11.6 Å². The monoisotopic (exact) mass is 330 g/mol. The quantitative estimate of drug-likeness (QED) is 0.602. The van der Waals surface area contributed by atoms with Gasteiger partial charge in [0, 0.05) is 11.9 Å². The Morgan fingerprint density at radius 3 is 2.62 bits per heavy atom. The van der Waals surface area contributed by atoms with E-state index in [1.54, 1.807) is 18.2 Å². The molecule has 6 nitrogen and oxygen atoms in total. The van der Waals surface area contributed by atoms with Gasteiger partial charge in [-0.05, 0) is 24.5 Å². The van der Waals surface area contributed by atoms with Gasteiger partial charge < -0.3 is 15.4 Å². The molecule has 2 N–H and O–H groups in total. The highest BCUT2D eigenvalue weighted by molar-refractivity contribution is 7.98. The summed E-state index contributed by atoms with van der Waals surface area (Å²) in [7, 11) is 1.45. The van der Waals surface area contributed by atoms with Crippen molar-refractivity contribution in [1.82, 2.24) is 10.6 Å². The van der Waals surface area contributed by atoms with E-state index in [1.807, 2.05) is 6.26 Å². The van der Waals surface area contributed by atoms with Crippen LogP contribution in [0.4, 0.5) is 0 Å². The van der Waals surface area contributed by atoms with Gasteiger partial charge in [-0.2, -0.15) is 0 Å². The number of rotatable bonds is 6. The molecule has 0 saturated carbocycles. The molecule has 0 spiro atoms. The molecule has 1 rings (SSSR count). The summed E-state index contributed by atoms with van der Waals surface area (Å²) < 4.78 is 4.86. The molecule has 0 aliphatic carbocycles. The fourth-order valence-corrected chi connectivity index (χ4v) is 1.95. The number of hydrogen-bond donors (Lipinski definition) is 2.